The van der Waals surface area contributed by atoms with Crippen LogP contribution in [0, 0.1) is 5.82 Å². The van der Waals surface area contributed by atoms with Crippen LogP contribution in [0.4, 0.5) is 4.39 Å². The van der Waals surface area contributed by atoms with E-state index >= 15 is 0 Å². The van der Waals surface area contributed by atoms with Crippen LogP contribution in [0.3, 0.4) is 0 Å². The third-order valence-electron chi connectivity index (χ3n) is 3.72. The van der Waals surface area contributed by atoms with Crippen LogP contribution in [-0.4, -0.2) is 24.2 Å². The predicted octanol–water partition coefficient (Wildman–Crippen LogP) is 4.77. The Labute approximate surface area is 146 Å². The fourth-order valence-electron chi connectivity index (χ4n) is 2.49. The SMILES string of the molecule is COc1ccc(-c2coc(-c3nc4cc(F)ccc4s3)n2)cc1OC. The summed E-state index contributed by atoms with van der Waals surface area (Å²) in [6.07, 6.45) is 1.56. The molecule has 0 bridgehead atoms. The minimum atomic E-state index is -0.317. The van der Waals surface area contributed by atoms with E-state index in [0.29, 0.717) is 33.6 Å². The number of hydrogen-bond donors (Lipinski definition) is 0. The highest BCUT2D eigenvalue weighted by Crippen LogP contribution is 2.34. The van der Waals surface area contributed by atoms with Gasteiger partial charge in [0.15, 0.2) is 16.5 Å². The first-order valence-electron chi connectivity index (χ1n) is 7.42. The van der Waals surface area contributed by atoms with Gasteiger partial charge in [0.2, 0.25) is 0 Å². The molecule has 126 valence electrons. The summed E-state index contributed by atoms with van der Waals surface area (Å²) in [6, 6.07) is 10.0. The molecule has 0 saturated carbocycles. The number of ether oxygens (including phenoxy) is 2. The van der Waals surface area contributed by atoms with Crippen LogP contribution in [0.5, 0.6) is 11.5 Å². The molecule has 4 rings (SSSR count). The number of aromatic nitrogens is 2. The summed E-state index contributed by atoms with van der Waals surface area (Å²) >= 11 is 1.40. The van der Waals surface area contributed by atoms with Gasteiger partial charge in [-0.1, -0.05) is 0 Å². The molecule has 0 aliphatic heterocycles. The van der Waals surface area contributed by atoms with E-state index in [0.717, 1.165) is 10.3 Å². The molecular weight excluding hydrogens is 343 g/mol. The van der Waals surface area contributed by atoms with E-state index in [1.165, 1.54) is 23.5 Å². The maximum atomic E-state index is 13.3. The molecule has 0 aliphatic carbocycles. The number of rotatable bonds is 4. The van der Waals surface area contributed by atoms with Gasteiger partial charge >= 0.3 is 0 Å². The summed E-state index contributed by atoms with van der Waals surface area (Å²) < 4.78 is 30.3. The van der Waals surface area contributed by atoms with Crippen molar-refractivity contribution >= 4 is 21.6 Å². The largest absolute Gasteiger partial charge is 0.493 e. The van der Waals surface area contributed by atoms with E-state index in [2.05, 4.69) is 9.97 Å². The lowest BCUT2D eigenvalue weighted by Crippen LogP contribution is -1.90. The van der Waals surface area contributed by atoms with Crippen LogP contribution in [0.25, 0.3) is 32.4 Å². The van der Waals surface area contributed by atoms with E-state index in [9.17, 15) is 4.39 Å². The predicted molar refractivity (Wildman–Crippen MR) is 93.6 cm³/mol. The molecule has 4 aromatic rings. The topological polar surface area (TPSA) is 57.4 Å². The lowest BCUT2D eigenvalue weighted by molar-refractivity contribution is 0.355. The summed E-state index contributed by atoms with van der Waals surface area (Å²) in [4.78, 5) is 8.88. The molecule has 0 N–H and O–H groups in total. The van der Waals surface area contributed by atoms with E-state index in [1.807, 2.05) is 18.2 Å². The molecule has 0 radical (unpaired) electrons. The molecule has 2 aromatic carbocycles. The lowest BCUT2D eigenvalue weighted by Gasteiger charge is -2.07. The van der Waals surface area contributed by atoms with E-state index in [4.69, 9.17) is 13.9 Å². The Bertz CT molecular complexity index is 1060. The average Bonchev–Trinajstić information content (AvgIpc) is 3.27. The number of benzene rings is 2. The summed E-state index contributed by atoms with van der Waals surface area (Å²) in [5.74, 6) is 1.33. The zero-order chi connectivity index (χ0) is 17.4. The Kier molecular flexibility index (Phi) is 3.85. The van der Waals surface area contributed by atoms with Gasteiger partial charge in [-0.05, 0) is 30.3 Å². The summed E-state index contributed by atoms with van der Waals surface area (Å²) in [5.41, 5.74) is 2.08. The number of halogens is 1. The number of fused-ring (bicyclic) bond motifs is 1. The van der Waals surface area contributed by atoms with Crippen molar-refractivity contribution in [3.8, 4) is 33.7 Å². The second-order valence-electron chi connectivity index (χ2n) is 5.24. The van der Waals surface area contributed by atoms with Gasteiger partial charge in [0, 0.05) is 11.6 Å². The molecule has 2 aromatic heterocycles. The van der Waals surface area contributed by atoms with Gasteiger partial charge in [-0.3, -0.25) is 0 Å². The Morgan fingerprint density at radius 3 is 2.64 bits per heavy atom. The monoisotopic (exact) mass is 356 g/mol. The third-order valence-corrected chi connectivity index (χ3v) is 4.74. The molecule has 5 nitrogen and oxygen atoms in total. The van der Waals surface area contributed by atoms with Gasteiger partial charge in [-0.15, -0.1) is 11.3 Å². The van der Waals surface area contributed by atoms with Gasteiger partial charge in [0.1, 0.15) is 17.8 Å². The number of thiazole rings is 1. The van der Waals surface area contributed by atoms with Crippen molar-refractivity contribution in [3.05, 3.63) is 48.5 Å². The van der Waals surface area contributed by atoms with Gasteiger partial charge in [-0.2, -0.15) is 0 Å². The first kappa shape index (κ1) is 15.6. The first-order chi connectivity index (χ1) is 12.2. The van der Waals surface area contributed by atoms with Crippen molar-refractivity contribution in [2.75, 3.05) is 14.2 Å². The summed E-state index contributed by atoms with van der Waals surface area (Å²) in [5, 5.41) is 0.604. The highest BCUT2D eigenvalue weighted by atomic mass is 32.1. The van der Waals surface area contributed by atoms with Crippen molar-refractivity contribution in [1.82, 2.24) is 9.97 Å². The minimum absolute atomic E-state index is 0.317. The zero-order valence-electron chi connectivity index (χ0n) is 13.4. The fourth-order valence-corrected chi connectivity index (χ4v) is 3.37. The number of methoxy groups -OCH3 is 2. The van der Waals surface area contributed by atoms with Crippen molar-refractivity contribution in [2.45, 2.75) is 0 Å². The molecule has 0 saturated heterocycles. The van der Waals surface area contributed by atoms with Gasteiger partial charge < -0.3 is 13.9 Å². The molecular formula is C18H13FN2O3S. The Morgan fingerprint density at radius 1 is 1.00 bits per heavy atom. The van der Waals surface area contributed by atoms with Gasteiger partial charge in [-0.25, -0.2) is 14.4 Å². The van der Waals surface area contributed by atoms with Crippen LogP contribution in [-0.2, 0) is 0 Å². The standard InChI is InChI=1S/C18H13FN2O3S/c1-22-14-5-3-10(7-15(14)23-2)13-9-24-17(20-13)18-21-12-8-11(19)4-6-16(12)25-18/h3-9H,1-2H3. The molecule has 0 unspecified atom stereocenters. The number of oxazole rings is 1. The number of hydrogen-bond acceptors (Lipinski definition) is 6. The van der Waals surface area contributed by atoms with E-state index < -0.39 is 0 Å². The molecule has 25 heavy (non-hydrogen) atoms. The summed E-state index contributed by atoms with van der Waals surface area (Å²) in [7, 11) is 3.16. The maximum Gasteiger partial charge on any atom is 0.256 e. The second-order valence-corrected chi connectivity index (χ2v) is 6.27. The first-order valence-corrected chi connectivity index (χ1v) is 8.24. The van der Waals surface area contributed by atoms with Crippen LogP contribution >= 0.6 is 11.3 Å². The van der Waals surface area contributed by atoms with Crippen molar-refractivity contribution in [3.63, 3.8) is 0 Å². The van der Waals surface area contributed by atoms with E-state index in [-0.39, 0.29) is 5.82 Å². The average molecular weight is 356 g/mol. The summed E-state index contributed by atoms with van der Waals surface area (Å²) in [6.45, 7) is 0. The van der Waals surface area contributed by atoms with Gasteiger partial charge in [0.05, 0.1) is 24.4 Å². The van der Waals surface area contributed by atoms with Crippen LogP contribution in [0.1, 0.15) is 0 Å². The smallest absolute Gasteiger partial charge is 0.256 e. The van der Waals surface area contributed by atoms with Crippen LogP contribution < -0.4 is 9.47 Å². The van der Waals surface area contributed by atoms with Crippen molar-refractivity contribution in [2.24, 2.45) is 0 Å². The molecule has 7 heteroatoms. The van der Waals surface area contributed by atoms with Crippen LogP contribution in [0.15, 0.2) is 47.1 Å². The minimum Gasteiger partial charge on any atom is -0.493 e. The maximum absolute atomic E-state index is 13.3. The quantitative estimate of drug-likeness (QED) is 0.527. The molecule has 0 aliphatic rings. The van der Waals surface area contributed by atoms with Crippen molar-refractivity contribution < 1.29 is 18.3 Å². The molecule has 0 spiro atoms. The fraction of sp³-hybridized carbons (Fsp3) is 0.111. The normalized spacial score (nSPS) is 11.0. The Hall–Kier alpha value is -2.93. The molecule has 2 heterocycles. The highest BCUT2D eigenvalue weighted by Gasteiger charge is 2.15. The highest BCUT2D eigenvalue weighted by molar-refractivity contribution is 7.21. The number of nitrogens with zero attached hydrogens (tertiary/aromatic N) is 2. The lowest BCUT2D eigenvalue weighted by atomic mass is 10.1. The van der Waals surface area contributed by atoms with E-state index in [1.54, 1.807) is 26.5 Å². The Morgan fingerprint density at radius 2 is 1.84 bits per heavy atom. The van der Waals surface area contributed by atoms with Gasteiger partial charge in [0.25, 0.3) is 5.89 Å². The molecule has 0 atom stereocenters. The third kappa shape index (κ3) is 2.83. The van der Waals surface area contributed by atoms with Crippen LogP contribution in [0.2, 0.25) is 0 Å². The molecule has 0 amide bonds. The Balaban J connectivity index is 1.71. The zero-order valence-corrected chi connectivity index (χ0v) is 14.3. The molecule has 0 fully saturated rings. The second kappa shape index (κ2) is 6.18. The van der Waals surface area contributed by atoms with Crippen molar-refractivity contribution in [1.29, 1.82) is 0 Å².